The Bertz CT molecular complexity index is 289. The maximum absolute atomic E-state index is 5.11. The van der Waals surface area contributed by atoms with E-state index in [1.54, 1.807) is 0 Å². The van der Waals surface area contributed by atoms with Gasteiger partial charge in [-0.05, 0) is 38.8 Å². The molecule has 1 atom stereocenters. The largest absolute Gasteiger partial charge is 0.361 e. The second-order valence-electron chi connectivity index (χ2n) is 4.24. The Labute approximate surface area is 84.9 Å². The van der Waals surface area contributed by atoms with Crippen LogP contribution in [0.2, 0.25) is 0 Å². The number of nitrogens with one attached hydrogen (secondary N) is 1. The maximum atomic E-state index is 5.11. The van der Waals surface area contributed by atoms with Crippen molar-refractivity contribution in [2.75, 3.05) is 13.1 Å². The molecule has 1 aromatic rings. The highest BCUT2D eigenvalue weighted by atomic mass is 16.5. The van der Waals surface area contributed by atoms with Crippen LogP contribution in [0.15, 0.2) is 10.6 Å². The summed E-state index contributed by atoms with van der Waals surface area (Å²) in [6.45, 7) is 6.50. The lowest BCUT2D eigenvalue weighted by atomic mass is 9.84. The van der Waals surface area contributed by atoms with Crippen molar-refractivity contribution in [2.24, 2.45) is 5.92 Å². The van der Waals surface area contributed by atoms with Crippen molar-refractivity contribution in [3.8, 4) is 0 Å². The summed E-state index contributed by atoms with van der Waals surface area (Å²) in [6, 6.07) is 2.06. The lowest BCUT2D eigenvalue weighted by Gasteiger charge is -2.26. The number of aromatic nitrogens is 1. The van der Waals surface area contributed by atoms with Crippen molar-refractivity contribution in [3.63, 3.8) is 0 Å². The van der Waals surface area contributed by atoms with Gasteiger partial charge in [-0.1, -0.05) is 12.1 Å². The smallest absolute Gasteiger partial charge is 0.133 e. The summed E-state index contributed by atoms with van der Waals surface area (Å²) in [7, 11) is 0. The van der Waals surface area contributed by atoms with Gasteiger partial charge in [0.05, 0.1) is 5.69 Å². The molecule has 2 heterocycles. The van der Waals surface area contributed by atoms with Gasteiger partial charge in [0, 0.05) is 12.0 Å². The maximum Gasteiger partial charge on any atom is 0.133 e. The van der Waals surface area contributed by atoms with Crippen LogP contribution in [0.1, 0.15) is 37.1 Å². The van der Waals surface area contributed by atoms with Crippen LogP contribution in [0.5, 0.6) is 0 Å². The standard InChI is InChI=1S/C11H18N2O/c1-8-7-11(13-14-8)9(2)10-3-5-12-6-4-10/h7,9-10,12H,3-6H2,1-2H3. The summed E-state index contributed by atoms with van der Waals surface area (Å²) in [5.41, 5.74) is 1.12. The lowest BCUT2D eigenvalue weighted by Crippen LogP contribution is -2.30. The predicted molar refractivity (Wildman–Crippen MR) is 55.2 cm³/mol. The second kappa shape index (κ2) is 4.13. The monoisotopic (exact) mass is 194 g/mol. The molecule has 1 aromatic heterocycles. The number of piperidine rings is 1. The van der Waals surface area contributed by atoms with Gasteiger partial charge in [-0.15, -0.1) is 0 Å². The molecule has 0 aromatic carbocycles. The van der Waals surface area contributed by atoms with Crippen LogP contribution < -0.4 is 5.32 Å². The van der Waals surface area contributed by atoms with Crippen LogP contribution >= 0.6 is 0 Å². The Hall–Kier alpha value is -0.830. The highest BCUT2D eigenvalue weighted by Gasteiger charge is 2.23. The highest BCUT2D eigenvalue weighted by molar-refractivity contribution is 5.10. The molecule has 1 N–H and O–H groups in total. The number of hydrogen-bond acceptors (Lipinski definition) is 3. The highest BCUT2D eigenvalue weighted by Crippen LogP contribution is 2.29. The molecule has 3 nitrogen and oxygen atoms in total. The molecule has 0 saturated carbocycles. The van der Waals surface area contributed by atoms with E-state index >= 15 is 0 Å². The van der Waals surface area contributed by atoms with Gasteiger partial charge in [0.1, 0.15) is 5.76 Å². The average Bonchev–Trinajstić information content (AvgIpc) is 2.65. The van der Waals surface area contributed by atoms with Gasteiger partial charge in [-0.25, -0.2) is 0 Å². The molecule has 0 radical (unpaired) electrons. The van der Waals surface area contributed by atoms with E-state index in [-0.39, 0.29) is 0 Å². The summed E-state index contributed by atoms with van der Waals surface area (Å²) in [4.78, 5) is 0. The van der Waals surface area contributed by atoms with Crippen LogP contribution in [0.3, 0.4) is 0 Å². The molecule has 78 valence electrons. The van der Waals surface area contributed by atoms with Gasteiger partial charge in [0.25, 0.3) is 0 Å². The zero-order valence-electron chi connectivity index (χ0n) is 8.92. The predicted octanol–water partition coefficient (Wildman–Crippen LogP) is 2.09. The molecule has 0 spiro atoms. The van der Waals surface area contributed by atoms with Gasteiger partial charge in [0.15, 0.2) is 0 Å². The molecule has 2 rings (SSSR count). The number of nitrogens with zero attached hydrogens (tertiary/aromatic N) is 1. The first-order valence-corrected chi connectivity index (χ1v) is 5.41. The molecule has 1 aliphatic rings. The van der Waals surface area contributed by atoms with Crippen molar-refractivity contribution < 1.29 is 4.52 Å². The SMILES string of the molecule is Cc1cc(C(C)C2CCNCC2)no1. The Balaban J connectivity index is 2.03. The van der Waals surface area contributed by atoms with Crippen molar-refractivity contribution in [1.29, 1.82) is 0 Å². The Kier molecular flexibility index (Phi) is 2.87. The van der Waals surface area contributed by atoms with E-state index in [1.165, 1.54) is 12.8 Å². The number of rotatable bonds is 2. The van der Waals surface area contributed by atoms with Crippen molar-refractivity contribution in [2.45, 2.75) is 32.6 Å². The molecule has 0 aliphatic carbocycles. The molecular weight excluding hydrogens is 176 g/mol. The quantitative estimate of drug-likeness (QED) is 0.783. The zero-order chi connectivity index (χ0) is 9.97. The number of hydrogen-bond donors (Lipinski definition) is 1. The molecule has 3 heteroatoms. The van der Waals surface area contributed by atoms with Crippen LogP contribution in [0.25, 0.3) is 0 Å². The molecule has 14 heavy (non-hydrogen) atoms. The summed E-state index contributed by atoms with van der Waals surface area (Å²) >= 11 is 0. The van der Waals surface area contributed by atoms with E-state index in [0.29, 0.717) is 5.92 Å². The Morgan fingerprint density at radius 1 is 1.50 bits per heavy atom. The van der Waals surface area contributed by atoms with Crippen molar-refractivity contribution >= 4 is 0 Å². The molecule has 0 bridgehead atoms. The van der Waals surface area contributed by atoms with Gasteiger partial charge in [-0.2, -0.15) is 0 Å². The third kappa shape index (κ3) is 1.98. The minimum atomic E-state index is 0.537. The Morgan fingerprint density at radius 2 is 2.21 bits per heavy atom. The first-order valence-electron chi connectivity index (χ1n) is 5.41. The third-order valence-electron chi connectivity index (χ3n) is 3.20. The summed E-state index contributed by atoms with van der Waals surface area (Å²) in [5.74, 6) is 2.22. The second-order valence-corrected chi connectivity index (χ2v) is 4.24. The van der Waals surface area contributed by atoms with E-state index in [4.69, 9.17) is 4.52 Å². The average molecular weight is 194 g/mol. The van der Waals surface area contributed by atoms with Gasteiger partial charge in [0.2, 0.25) is 0 Å². The van der Waals surface area contributed by atoms with E-state index in [2.05, 4.69) is 23.5 Å². The fourth-order valence-corrected chi connectivity index (χ4v) is 2.19. The molecule has 1 saturated heterocycles. The molecule has 1 unspecified atom stereocenters. The lowest BCUT2D eigenvalue weighted by molar-refractivity contribution is 0.313. The molecule has 1 aliphatic heterocycles. The molecule has 1 fully saturated rings. The fourth-order valence-electron chi connectivity index (χ4n) is 2.19. The van der Waals surface area contributed by atoms with E-state index in [1.807, 2.05) is 6.92 Å². The van der Waals surface area contributed by atoms with Gasteiger partial charge in [-0.3, -0.25) is 0 Å². The van der Waals surface area contributed by atoms with Crippen LogP contribution in [-0.4, -0.2) is 18.2 Å². The van der Waals surface area contributed by atoms with E-state index < -0.39 is 0 Å². The fraction of sp³-hybridized carbons (Fsp3) is 0.727. The zero-order valence-corrected chi connectivity index (χ0v) is 8.92. The number of aryl methyl sites for hydroxylation is 1. The third-order valence-corrected chi connectivity index (χ3v) is 3.20. The van der Waals surface area contributed by atoms with Crippen molar-refractivity contribution in [1.82, 2.24) is 10.5 Å². The summed E-state index contributed by atoms with van der Waals surface area (Å²) < 4.78 is 5.11. The topological polar surface area (TPSA) is 38.1 Å². The first kappa shape index (κ1) is 9.71. The van der Waals surface area contributed by atoms with E-state index in [9.17, 15) is 0 Å². The minimum absolute atomic E-state index is 0.537. The van der Waals surface area contributed by atoms with Gasteiger partial charge < -0.3 is 9.84 Å². The minimum Gasteiger partial charge on any atom is -0.361 e. The molecular formula is C11H18N2O. The Morgan fingerprint density at radius 3 is 2.79 bits per heavy atom. The van der Waals surface area contributed by atoms with Gasteiger partial charge >= 0.3 is 0 Å². The van der Waals surface area contributed by atoms with E-state index in [0.717, 1.165) is 30.5 Å². The normalized spacial score (nSPS) is 21.0. The van der Waals surface area contributed by atoms with Crippen molar-refractivity contribution in [3.05, 3.63) is 17.5 Å². The van der Waals surface area contributed by atoms with Crippen LogP contribution in [0.4, 0.5) is 0 Å². The van der Waals surface area contributed by atoms with Crippen LogP contribution in [0, 0.1) is 12.8 Å². The van der Waals surface area contributed by atoms with Crippen LogP contribution in [-0.2, 0) is 0 Å². The summed E-state index contributed by atoms with van der Waals surface area (Å²) in [5, 5.41) is 7.48. The first-order chi connectivity index (χ1) is 6.77. The summed E-state index contributed by atoms with van der Waals surface area (Å²) in [6.07, 6.45) is 2.51. The molecule has 0 amide bonds.